The Morgan fingerprint density at radius 1 is 0.136 bits per heavy atom. The monoisotopic (exact) mass is 1840 g/mol. The molecule has 18 rings (SSSR count). The van der Waals surface area contributed by atoms with Crippen LogP contribution < -0.4 is 47.4 Å². The summed E-state index contributed by atoms with van der Waals surface area (Å²) in [6.07, 6.45) is 10.9. The first-order chi connectivity index (χ1) is 68.4. The number of benzene rings is 18. The Balaban J connectivity index is 0.000000140. The van der Waals surface area contributed by atoms with Crippen molar-refractivity contribution in [2.24, 2.45) is 30.0 Å². The van der Waals surface area contributed by atoms with Gasteiger partial charge in [-0.3, -0.25) is 30.0 Å². The summed E-state index contributed by atoms with van der Waals surface area (Å²) in [7, 11) is 0. The molecule has 0 spiro atoms. The quantitative estimate of drug-likeness (QED) is 0.0412. The SMILES string of the molecule is CC=Nc1ccc(Oc2cccc(Oc3ccc(C)cc3)c2)cc1.CC=Nc1ccc(Oc2cccc(Oc3ccc(N=CC)cc3)c2)cc1.Cc1ccc(Oc2cccc(Oc3ccc(N=Cc4cccc(C)c4)cc3)c2)cc1.Cc1ccc(Oc2cccc(Oc3ccc(N=Cc4cccc(C)c4)cc3)c2)cc1.Cc1ccc(Oc2cccc(Oc3ccc(N=Cc4cccc(C)c4)cc3)c2)cc1. The fraction of sp³-hybridized carbons (Fsp3) is 0.0806. The van der Waals surface area contributed by atoms with Crippen LogP contribution in [0.1, 0.15) is 76.4 Å². The average Bonchev–Trinajstić information content (AvgIpc) is 0.879. The second-order valence-electron chi connectivity index (χ2n) is 32.3. The Morgan fingerprint density at radius 2 is 0.279 bits per heavy atom. The smallest absolute Gasteiger partial charge is 0.131 e. The Bertz CT molecular complexity index is 6630. The molecule has 0 fully saturated rings. The van der Waals surface area contributed by atoms with Crippen LogP contribution in [0.2, 0.25) is 0 Å². The lowest BCUT2D eigenvalue weighted by Crippen LogP contribution is -1.87. The van der Waals surface area contributed by atoms with Crippen molar-refractivity contribution in [3.05, 3.63) is 492 Å². The predicted molar refractivity (Wildman–Crippen MR) is 573 cm³/mol. The molecule has 0 heterocycles. The normalized spacial score (nSPS) is 10.9. The molecule has 18 aromatic rings. The maximum atomic E-state index is 5.98. The molecule has 16 heteroatoms. The lowest BCUT2D eigenvalue weighted by molar-refractivity contribution is 0.459. The van der Waals surface area contributed by atoms with Gasteiger partial charge in [-0.25, -0.2) is 0 Å². The molecule has 0 N–H and O–H groups in total. The molecule has 0 atom stereocenters. The molecule has 0 saturated heterocycles. The van der Waals surface area contributed by atoms with Crippen LogP contribution in [0.3, 0.4) is 0 Å². The standard InChI is InChI=1S/3C27H23NO2.C22H20N2O2.C21H19NO2/c3*1-20-9-13-24(14-10-20)29-26-7-4-8-27(18-26)30-25-15-11-23(12-16-25)28-19-22-6-3-5-21(2)17-22;1-3-23-17-8-12-19(13-9-17)25-21-6-5-7-22(16-21)26-20-14-10-18(11-15-20)24-4-2;1-3-22-17-9-13-19(14-10-17)24-21-6-4-5-20(15-21)23-18-11-7-16(2)8-12-18/h3*3-19H,1-2H3;3-16H,1-2H3;3-15H,1-2H3. The first kappa shape index (κ1) is 98.0. The highest BCUT2D eigenvalue weighted by Gasteiger charge is 2.11. The third kappa shape index (κ3) is 33.3. The van der Waals surface area contributed by atoms with Gasteiger partial charge in [-0.15, -0.1) is 0 Å². The van der Waals surface area contributed by atoms with Crippen molar-refractivity contribution in [3.63, 3.8) is 0 Å². The van der Waals surface area contributed by atoms with Gasteiger partial charge in [0.15, 0.2) is 0 Å². The number of aliphatic imine (C=N–C) groups is 6. The maximum Gasteiger partial charge on any atom is 0.131 e. The van der Waals surface area contributed by atoms with E-state index >= 15 is 0 Å². The van der Waals surface area contributed by atoms with Gasteiger partial charge in [0.25, 0.3) is 0 Å². The molecule has 694 valence electrons. The fourth-order valence-electron chi connectivity index (χ4n) is 13.5. The van der Waals surface area contributed by atoms with E-state index in [0.717, 1.165) is 154 Å². The van der Waals surface area contributed by atoms with Crippen molar-refractivity contribution in [1.29, 1.82) is 0 Å². The van der Waals surface area contributed by atoms with E-state index in [0.29, 0.717) is 11.5 Å². The highest BCUT2D eigenvalue weighted by molar-refractivity contribution is 5.84. The predicted octanol–water partition coefficient (Wildman–Crippen LogP) is 35.9. The van der Waals surface area contributed by atoms with Crippen molar-refractivity contribution in [1.82, 2.24) is 0 Å². The fourth-order valence-corrected chi connectivity index (χ4v) is 13.5. The summed E-state index contributed by atoms with van der Waals surface area (Å²) >= 11 is 0. The van der Waals surface area contributed by atoms with Crippen LogP contribution in [0.5, 0.6) is 115 Å². The Kier molecular flexibility index (Phi) is 36.0. The minimum atomic E-state index is 0.710. The van der Waals surface area contributed by atoms with Crippen molar-refractivity contribution >= 4 is 71.4 Å². The number of aryl methyl sites for hydroxylation is 7. The van der Waals surface area contributed by atoms with Crippen molar-refractivity contribution in [3.8, 4) is 115 Å². The van der Waals surface area contributed by atoms with Crippen molar-refractivity contribution in [2.75, 3.05) is 0 Å². The van der Waals surface area contributed by atoms with Gasteiger partial charge >= 0.3 is 0 Å². The van der Waals surface area contributed by atoms with E-state index < -0.39 is 0 Å². The molecule has 0 aliphatic heterocycles. The highest BCUT2D eigenvalue weighted by Crippen LogP contribution is 2.38. The van der Waals surface area contributed by atoms with E-state index in [2.05, 4.69) is 115 Å². The van der Waals surface area contributed by atoms with Gasteiger partial charge < -0.3 is 47.4 Å². The zero-order valence-corrected chi connectivity index (χ0v) is 79.8. The number of hydrogen-bond donors (Lipinski definition) is 0. The van der Waals surface area contributed by atoms with Crippen LogP contribution in [0.25, 0.3) is 0 Å². The summed E-state index contributed by atoms with van der Waals surface area (Å²) in [5, 5.41) is 0. The molecule has 0 amide bonds. The van der Waals surface area contributed by atoms with Gasteiger partial charge in [-0.2, -0.15) is 0 Å². The van der Waals surface area contributed by atoms with Crippen molar-refractivity contribution < 1.29 is 47.4 Å². The van der Waals surface area contributed by atoms with Crippen LogP contribution >= 0.6 is 0 Å². The topological polar surface area (TPSA) is 166 Å². The summed E-state index contributed by atoms with van der Waals surface area (Å²) in [6.45, 7) is 20.1. The minimum Gasteiger partial charge on any atom is -0.457 e. The number of hydrogen-bond acceptors (Lipinski definition) is 16. The summed E-state index contributed by atoms with van der Waals surface area (Å²) in [5.41, 5.74) is 17.0. The van der Waals surface area contributed by atoms with Gasteiger partial charge in [0, 0.05) is 67.6 Å². The molecule has 0 unspecified atom stereocenters. The van der Waals surface area contributed by atoms with Gasteiger partial charge in [-0.05, 0) is 341 Å². The molecule has 140 heavy (non-hydrogen) atoms. The van der Waals surface area contributed by atoms with E-state index in [1.54, 1.807) is 18.6 Å². The minimum absolute atomic E-state index is 0.710. The first-order valence-electron chi connectivity index (χ1n) is 45.9. The molecule has 0 radical (unpaired) electrons. The number of rotatable bonds is 29. The lowest BCUT2D eigenvalue weighted by Gasteiger charge is -2.09. The summed E-state index contributed by atoms with van der Waals surface area (Å²) in [6, 6.07) is 141. The highest BCUT2D eigenvalue weighted by atomic mass is 16.5. The van der Waals surface area contributed by atoms with Crippen LogP contribution in [0.4, 0.5) is 34.1 Å². The van der Waals surface area contributed by atoms with Crippen LogP contribution in [0, 0.1) is 48.5 Å². The van der Waals surface area contributed by atoms with Gasteiger partial charge in [0.2, 0.25) is 0 Å². The van der Waals surface area contributed by atoms with Crippen LogP contribution in [0.15, 0.2) is 467 Å². The van der Waals surface area contributed by atoms with E-state index in [4.69, 9.17) is 47.4 Å². The molecule has 0 aliphatic carbocycles. The molecular formula is C124H108N6O10. The average molecular weight is 1840 g/mol. The number of nitrogens with zero attached hydrogens (tertiary/aromatic N) is 6. The van der Waals surface area contributed by atoms with Crippen LogP contribution in [-0.2, 0) is 0 Å². The molecule has 16 nitrogen and oxygen atoms in total. The summed E-state index contributed by atoms with van der Waals surface area (Å²) < 4.78 is 59.2. The largest absolute Gasteiger partial charge is 0.457 e. The van der Waals surface area contributed by atoms with Crippen LogP contribution in [-0.4, -0.2) is 37.3 Å². The Morgan fingerprint density at radius 3 is 0.429 bits per heavy atom. The molecule has 0 aliphatic rings. The molecule has 0 saturated carbocycles. The zero-order chi connectivity index (χ0) is 97.3. The molecular weight excluding hydrogens is 1730 g/mol. The Hall–Kier alpha value is -18.0. The summed E-state index contributed by atoms with van der Waals surface area (Å²) in [5.74, 6) is 14.9. The second kappa shape index (κ2) is 51.5. The molecule has 0 aromatic heterocycles. The van der Waals surface area contributed by atoms with Gasteiger partial charge in [-0.1, -0.05) is 191 Å². The van der Waals surface area contributed by atoms with E-state index in [1.165, 1.54) is 38.9 Å². The third-order valence-electron chi connectivity index (χ3n) is 20.5. The third-order valence-corrected chi connectivity index (χ3v) is 20.5. The Labute approximate surface area is 820 Å². The molecule has 18 aromatic carbocycles. The maximum absolute atomic E-state index is 5.98. The first-order valence-corrected chi connectivity index (χ1v) is 45.9. The second-order valence-corrected chi connectivity index (χ2v) is 32.3. The zero-order valence-electron chi connectivity index (χ0n) is 79.8. The molecule has 0 bridgehead atoms. The number of ether oxygens (including phenoxy) is 10. The van der Waals surface area contributed by atoms with Gasteiger partial charge in [0.05, 0.1) is 34.1 Å². The van der Waals surface area contributed by atoms with E-state index in [-0.39, 0.29) is 0 Å². The van der Waals surface area contributed by atoms with E-state index in [9.17, 15) is 0 Å². The van der Waals surface area contributed by atoms with E-state index in [1.807, 2.05) is 440 Å². The summed E-state index contributed by atoms with van der Waals surface area (Å²) in [4.78, 5) is 26.3. The van der Waals surface area contributed by atoms with Gasteiger partial charge in [0.1, 0.15) is 115 Å². The van der Waals surface area contributed by atoms with Crippen molar-refractivity contribution in [2.45, 2.75) is 69.2 Å². The lowest BCUT2D eigenvalue weighted by atomic mass is 10.1.